The van der Waals surface area contributed by atoms with E-state index in [1.54, 1.807) is 0 Å². The summed E-state index contributed by atoms with van der Waals surface area (Å²) in [5, 5.41) is 0. The van der Waals surface area contributed by atoms with Gasteiger partial charge in [0.25, 0.3) is 0 Å². The first-order valence-electron chi connectivity index (χ1n) is 6.80. The third kappa shape index (κ3) is 2.32. The van der Waals surface area contributed by atoms with E-state index in [4.69, 9.17) is 0 Å². The Labute approximate surface area is 108 Å². The van der Waals surface area contributed by atoms with Crippen molar-refractivity contribution in [2.75, 3.05) is 11.5 Å². The van der Waals surface area contributed by atoms with Gasteiger partial charge in [-0.2, -0.15) is 0 Å². The average molecular weight is 268 g/mol. The zero-order chi connectivity index (χ0) is 12.8. The molecule has 4 nitrogen and oxygen atoms in total. The summed E-state index contributed by atoms with van der Waals surface area (Å²) in [6.07, 6.45) is 6.06. The maximum atomic E-state index is 11.7. The Kier molecular flexibility index (Phi) is 2.96. The van der Waals surface area contributed by atoms with Crippen molar-refractivity contribution in [2.24, 2.45) is 5.92 Å². The van der Waals surface area contributed by atoms with Gasteiger partial charge >= 0.3 is 0 Å². The van der Waals surface area contributed by atoms with Crippen LogP contribution in [0.5, 0.6) is 0 Å². The fourth-order valence-electron chi connectivity index (χ4n) is 3.09. The molecule has 1 saturated heterocycles. The molecule has 0 N–H and O–H groups in total. The maximum absolute atomic E-state index is 11.7. The lowest BCUT2D eigenvalue weighted by atomic mass is 10.0. The van der Waals surface area contributed by atoms with Crippen molar-refractivity contribution in [2.45, 2.75) is 45.1 Å². The first kappa shape index (κ1) is 12.2. The molecule has 0 spiro atoms. The predicted octanol–water partition coefficient (Wildman–Crippen LogP) is 1.76. The van der Waals surface area contributed by atoms with Crippen LogP contribution in [0, 0.1) is 5.92 Å². The van der Waals surface area contributed by atoms with E-state index >= 15 is 0 Å². The molecule has 0 amide bonds. The van der Waals surface area contributed by atoms with E-state index in [1.807, 2.05) is 0 Å². The number of nitrogens with zero attached hydrogens (tertiary/aromatic N) is 2. The fraction of sp³-hybridized carbons (Fsp3) is 0.769. The van der Waals surface area contributed by atoms with Gasteiger partial charge in [0.15, 0.2) is 9.84 Å². The van der Waals surface area contributed by atoms with Crippen LogP contribution in [0.4, 0.5) is 0 Å². The molecule has 2 atom stereocenters. The minimum Gasteiger partial charge on any atom is -0.334 e. The number of aryl methyl sites for hydroxylation is 1. The van der Waals surface area contributed by atoms with E-state index in [2.05, 4.69) is 22.7 Å². The minimum atomic E-state index is -2.84. The number of sulfone groups is 1. The van der Waals surface area contributed by atoms with Crippen molar-refractivity contribution in [3.05, 3.63) is 17.7 Å². The zero-order valence-corrected chi connectivity index (χ0v) is 11.6. The van der Waals surface area contributed by atoms with Crippen LogP contribution in [-0.4, -0.2) is 29.5 Å². The lowest BCUT2D eigenvalue weighted by Crippen LogP contribution is -2.23. The summed E-state index contributed by atoms with van der Waals surface area (Å²) in [5.41, 5.74) is 1.00. The molecule has 3 rings (SSSR count). The van der Waals surface area contributed by atoms with Crippen molar-refractivity contribution in [3.63, 3.8) is 0 Å². The van der Waals surface area contributed by atoms with Gasteiger partial charge < -0.3 is 4.57 Å². The van der Waals surface area contributed by atoms with Crippen LogP contribution < -0.4 is 0 Å². The molecular formula is C13H20N2O2S. The van der Waals surface area contributed by atoms with Crippen LogP contribution in [0.15, 0.2) is 6.20 Å². The van der Waals surface area contributed by atoms with Gasteiger partial charge in [0.05, 0.1) is 17.2 Å². The highest BCUT2D eigenvalue weighted by atomic mass is 32.2. The van der Waals surface area contributed by atoms with Gasteiger partial charge in [-0.15, -0.1) is 0 Å². The monoisotopic (exact) mass is 268 g/mol. The molecule has 0 radical (unpaired) electrons. The molecule has 1 fully saturated rings. The molecule has 100 valence electrons. The summed E-state index contributed by atoms with van der Waals surface area (Å²) in [7, 11) is -2.84. The van der Waals surface area contributed by atoms with Gasteiger partial charge in [0.1, 0.15) is 5.82 Å². The van der Waals surface area contributed by atoms with Crippen LogP contribution in [0.25, 0.3) is 0 Å². The van der Waals surface area contributed by atoms with Gasteiger partial charge in [-0.3, -0.25) is 0 Å². The highest BCUT2D eigenvalue weighted by molar-refractivity contribution is 7.91. The smallest absolute Gasteiger partial charge is 0.150 e. The van der Waals surface area contributed by atoms with Gasteiger partial charge in [-0.25, -0.2) is 13.4 Å². The van der Waals surface area contributed by atoms with Gasteiger partial charge in [0, 0.05) is 25.1 Å². The lowest BCUT2D eigenvalue weighted by molar-refractivity contribution is 0.394. The van der Waals surface area contributed by atoms with Crippen LogP contribution >= 0.6 is 0 Å². The van der Waals surface area contributed by atoms with E-state index in [0.29, 0.717) is 17.4 Å². The summed E-state index contributed by atoms with van der Waals surface area (Å²) < 4.78 is 25.6. The van der Waals surface area contributed by atoms with E-state index in [9.17, 15) is 8.42 Å². The topological polar surface area (TPSA) is 52.0 Å². The van der Waals surface area contributed by atoms with E-state index in [-0.39, 0.29) is 5.92 Å². The first-order chi connectivity index (χ1) is 8.53. The molecule has 2 unspecified atom stereocenters. The van der Waals surface area contributed by atoms with Gasteiger partial charge in [0.2, 0.25) is 0 Å². The fourth-order valence-corrected chi connectivity index (χ4v) is 4.81. The molecule has 0 aromatic carbocycles. The second-order valence-corrected chi connectivity index (χ2v) is 8.06. The molecule has 5 heteroatoms. The Bertz CT molecular complexity index is 547. The summed E-state index contributed by atoms with van der Waals surface area (Å²) >= 11 is 0. The van der Waals surface area contributed by atoms with Crippen LogP contribution in [0.1, 0.15) is 43.6 Å². The normalized spacial score (nSPS) is 30.9. The highest BCUT2D eigenvalue weighted by Crippen LogP contribution is 2.29. The van der Waals surface area contributed by atoms with E-state index < -0.39 is 9.84 Å². The van der Waals surface area contributed by atoms with Crippen molar-refractivity contribution >= 4 is 9.84 Å². The molecule has 3 heterocycles. The number of fused-ring (bicyclic) bond motifs is 1. The van der Waals surface area contributed by atoms with Gasteiger partial charge in [-0.1, -0.05) is 6.92 Å². The molecule has 2 aliphatic rings. The van der Waals surface area contributed by atoms with Gasteiger partial charge in [-0.05, 0) is 25.2 Å². The summed E-state index contributed by atoms with van der Waals surface area (Å²) in [5.74, 6) is 2.62. The first-order valence-corrected chi connectivity index (χ1v) is 8.62. The third-order valence-corrected chi connectivity index (χ3v) is 5.95. The molecular weight excluding hydrogens is 248 g/mol. The van der Waals surface area contributed by atoms with Crippen molar-refractivity contribution in [3.8, 4) is 0 Å². The molecule has 0 aliphatic carbocycles. The van der Waals surface area contributed by atoms with Crippen molar-refractivity contribution in [1.29, 1.82) is 0 Å². The molecule has 0 saturated carbocycles. The molecule has 1 aromatic rings. The van der Waals surface area contributed by atoms with Crippen molar-refractivity contribution in [1.82, 2.24) is 9.55 Å². The molecule has 1 aromatic heterocycles. The Morgan fingerprint density at radius 2 is 2.22 bits per heavy atom. The number of aromatic nitrogens is 2. The molecule has 18 heavy (non-hydrogen) atoms. The van der Waals surface area contributed by atoms with E-state index in [0.717, 1.165) is 37.3 Å². The largest absolute Gasteiger partial charge is 0.334 e. The Morgan fingerprint density at radius 3 is 3.00 bits per heavy atom. The Balaban J connectivity index is 1.85. The average Bonchev–Trinajstić information content (AvgIpc) is 2.70. The number of hydrogen-bond donors (Lipinski definition) is 0. The van der Waals surface area contributed by atoms with Crippen molar-refractivity contribution < 1.29 is 8.42 Å². The molecule has 0 bridgehead atoms. The highest BCUT2D eigenvalue weighted by Gasteiger charge is 2.29. The number of imidazole rings is 1. The number of hydrogen-bond acceptors (Lipinski definition) is 3. The summed E-state index contributed by atoms with van der Waals surface area (Å²) in [4.78, 5) is 4.67. The minimum absolute atomic E-state index is 0.122. The quantitative estimate of drug-likeness (QED) is 0.780. The summed E-state index contributed by atoms with van der Waals surface area (Å²) in [6.45, 7) is 3.29. The standard InChI is InChI=1S/C13H20N2O2S/c1-10-4-5-13-14-12(8-15(13)7-10)11-3-2-6-18(16,17)9-11/h8,10-11H,2-7,9H2,1H3. The van der Waals surface area contributed by atoms with Crippen LogP contribution in [0.2, 0.25) is 0 Å². The van der Waals surface area contributed by atoms with Crippen LogP contribution in [0.3, 0.4) is 0 Å². The second-order valence-electron chi connectivity index (χ2n) is 5.83. The lowest BCUT2D eigenvalue weighted by Gasteiger charge is -2.20. The van der Waals surface area contributed by atoms with Crippen LogP contribution in [-0.2, 0) is 22.8 Å². The zero-order valence-electron chi connectivity index (χ0n) is 10.8. The second kappa shape index (κ2) is 4.37. The maximum Gasteiger partial charge on any atom is 0.150 e. The third-order valence-electron chi connectivity index (χ3n) is 4.13. The molecule has 2 aliphatic heterocycles. The summed E-state index contributed by atoms with van der Waals surface area (Å²) in [6, 6.07) is 0. The Hall–Kier alpha value is -0.840. The SMILES string of the molecule is CC1CCc2nc(C3CCCS(=O)(=O)C3)cn2C1. The van der Waals surface area contributed by atoms with E-state index in [1.165, 1.54) is 6.42 Å². The predicted molar refractivity (Wildman–Crippen MR) is 70.3 cm³/mol. The number of rotatable bonds is 1. The Morgan fingerprint density at radius 1 is 1.39 bits per heavy atom.